The van der Waals surface area contributed by atoms with Crippen LogP contribution in [0.3, 0.4) is 0 Å². The van der Waals surface area contributed by atoms with E-state index in [1.54, 1.807) is 30.7 Å². The SMILES string of the molecule is O=C(c1ccc2cccnc2c1)c1ncc[nH]1. The number of aromatic amines is 1. The topological polar surface area (TPSA) is 58.6 Å². The van der Waals surface area contributed by atoms with Crippen molar-refractivity contribution in [1.29, 1.82) is 0 Å². The smallest absolute Gasteiger partial charge is 0.228 e. The van der Waals surface area contributed by atoms with Gasteiger partial charge in [0.25, 0.3) is 0 Å². The number of benzene rings is 1. The lowest BCUT2D eigenvalue weighted by Crippen LogP contribution is -2.03. The molecule has 82 valence electrons. The minimum absolute atomic E-state index is 0.123. The van der Waals surface area contributed by atoms with Gasteiger partial charge in [-0.2, -0.15) is 0 Å². The number of nitrogens with one attached hydrogen (secondary N) is 1. The molecule has 2 heterocycles. The van der Waals surface area contributed by atoms with E-state index in [0.29, 0.717) is 11.4 Å². The predicted octanol–water partition coefficient (Wildman–Crippen LogP) is 2.19. The van der Waals surface area contributed by atoms with E-state index in [4.69, 9.17) is 0 Å². The van der Waals surface area contributed by atoms with Gasteiger partial charge in [0.15, 0.2) is 5.82 Å². The van der Waals surface area contributed by atoms with Crippen molar-refractivity contribution in [1.82, 2.24) is 15.0 Å². The van der Waals surface area contributed by atoms with Crippen LogP contribution in [0.2, 0.25) is 0 Å². The number of hydrogen-bond donors (Lipinski definition) is 1. The zero-order valence-corrected chi connectivity index (χ0v) is 8.92. The Labute approximate surface area is 97.3 Å². The van der Waals surface area contributed by atoms with Crippen LogP contribution in [0.25, 0.3) is 10.9 Å². The molecule has 17 heavy (non-hydrogen) atoms. The van der Waals surface area contributed by atoms with Crippen LogP contribution in [0, 0.1) is 0 Å². The van der Waals surface area contributed by atoms with Gasteiger partial charge in [-0.1, -0.05) is 18.2 Å². The maximum Gasteiger partial charge on any atom is 0.228 e. The van der Waals surface area contributed by atoms with Gasteiger partial charge < -0.3 is 4.98 Å². The van der Waals surface area contributed by atoms with E-state index in [-0.39, 0.29) is 5.78 Å². The van der Waals surface area contributed by atoms with Crippen LogP contribution in [0.5, 0.6) is 0 Å². The monoisotopic (exact) mass is 223 g/mol. The summed E-state index contributed by atoms with van der Waals surface area (Å²) in [6.07, 6.45) is 4.91. The molecule has 0 fully saturated rings. The number of rotatable bonds is 2. The van der Waals surface area contributed by atoms with E-state index in [9.17, 15) is 4.79 Å². The highest BCUT2D eigenvalue weighted by atomic mass is 16.1. The van der Waals surface area contributed by atoms with Crippen LogP contribution in [-0.4, -0.2) is 20.7 Å². The molecule has 0 saturated heterocycles. The van der Waals surface area contributed by atoms with Crippen molar-refractivity contribution < 1.29 is 4.79 Å². The number of ketones is 1. The van der Waals surface area contributed by atoms with E-state index in [0.717, 1.165) is 10.9 Å². The number of nitrogens with zero attached hydrogens (tertiary/aromatic N) is 2. The molecule has 0 radical (unpaired) electrons. The third kappa shape index (κ3) is 1.69. The minimum Gasteiger partial charge on any atom is -0.342 e. The van der Waals surface area contributed by atoms with Crippen molar-refractivity contribution in [2.45, 2.75) is 0 Å². The quantitative estimate of drug-likeness (QED) is 0.677. The van der Waals surface area contributed by atoms with E-state index in [2.05, 4.69) is 15.0 Å². The number of imidazole rings is 1. The number of carbonyl (C=O) groups excluding carboxylic acids is 1. The van der Waals surface area contributed by atoms with Crippen molar-refractivity contribution >= 4 is 16.7 Å². The largest absolute Gasteiger partial charge is 0.342 e. The molecule has 4 heteroatoms. The first kappa shape index (κ1) is 9.72. The maximum atomic E-state index is 12.0. The van der Waals surface area contributed by atoms with Gasteiger partial charge in [-0.3, -0.25) is 9.78 Å². The summed E-state index contributed by atoms with van der Waals surface area (Å²) in [5.74, 6) is 0.225. The fraction of sp³-hybridized carbons (Fsp3) is 0. The fourth-order valence-corrected chi connectivity index (χ4v) is 1.73. The van der Waals surface area contributed by atoms with Crippen LogP contribution in [0.1, 0.15) is 16.2 Å². The summed E-state index contributed by atoms with van der Waals surface area (Å²) in [6, 6.07) is 9.29. The molecule has 3 aromatic rings. The lowest BCUT2D eigenvalue weighted by Gasteiger charge is -2.00. The van der Waals surface area contributed by atoms with Crippen LogP contribution in [0.4, 0.5) is 0 Å². The molecule has 0 amide bonds. The lowest BCUT2D eigenvalue weighted by molar-refractivity contribution is 0.103. The normalized spacial score (nSPS) is 10.6. The Bertz CT molecular complexity index is 674. The first-order valence-electron chi connectivity index (χ1n) is 5.23. The third-order valence-corrected chi connectivity index (χ3v) is 2.58. The van der Waals surface area contributed by atoms with E-state index < -0.39 is 0 Å². The van der Waals surface area contributed by atoms with Gasteiger partial charge in [0.05, 0.1) is 5.52 Å². The predicted molar refractivity (Wildman–Crippen MR) is 63.8 cm³/mol. The Balaban J connectivity index is 2.09. The Morgan fingerprint density at radius 1 is 1.12 bits per heavy atom. The van der Waals surface area contributed by atoms with Crippen LogP contribution in [0.15, 0.2) is 48.9 Å². The van der Waals surface area contributed by atoms with Gasteiger partial charge in [0.1, 0.15) is 0 Å². The molecule has 0 unspecified atom stereocenters. The second-order valence-electron chi connectivity index (χ2n) is 3.68. The maximum absolute atomic E-state index is 12.0. The summed E-state index contributed by atoms with van der Waals surface area (Å²) < 4.78 is 0. The van der Waals surface area contributed by atoms with Crippen molar-refractivity contribution in [2.75, 3.05) is 0 Å². The van der Waals surface area contributed by atoms with Gasteiger partial charge in [-0.15, -0.1) is 0 Å². The number of aromatic nitrogens is 3. The Kier molecular flexibility index (Phi) is 2.19. The van der Waals surface area contributed by atoms with Gasteiger partial charge >= 0.3 is 0 Å². The Hall–Kier alpha value is -2.49. The molecule has 2 aromatic heterocycles. The second-order valence-corrected chi connectivity index (χ2v) is 3.68. The van der Waals surface area contributed by atoms with Gasteiger partial charge in [-0.05, 0) is 12.1 Å². The number of H-pyrrole nitrogens is 1. The summed E-state index contributed by atoms with van der Waals surface area (Å²) in [5, 5.41) is 1.02. The summed E-state index contributed by atoms with van der Waals surface area (Å²) in [7, 11) is 0. The minimum atomic E-state index is -0.123. The van der Waals surface area contributed by atoms with E-state index in [1.165, 1.54) is 0 Å². The zero-order chi connectivity index (χ0) is 11.7. The molecule has 4 nitrogen and oxygen atoms in total. The second kappa shape index (κ2) is 3.83. The van der Waals surface area contributed by atoms with E-state index >= 15 is 0 Å². The summed E-state index contributed by atoms with van der Waals surface area (Å²) in [4.78, 5) is 23.0. The van der Waals surface area contributed by atoms with Crippen molar-refractivity contribution in [2.24, 2.45) is 0 Å². The van der Waals surface area contributed by atoms with E-state index in [1.807, 2.05) is 18.2 Å². The molecule has 0 aliphatic carbocycles. The summed E-state index contributed by atoms with van der Waals surface area (Å²) in [6.45, 7) is 0. The number of fused-ring (bicyclic) bond motifs is 1. The summed E-state index contributed by atoms with van der Waals surface area (Å²) >= 11 is 0. The van der Waals surface area contributed by atoms with Crippen LogP contribution < -0.4 is 0 Å². The molecule has 3 rings (SSSR count). The summed E-state index contributed by atoms with van der Waals surface area (Å²) in [5.41, 5.74) is 1.40. The fourth-order valence-electron chi connectivity index (χ4n) is 1.73. The van der Waals surface area contributed by atoms with Crippen molar-refractivity contribution in [3.05, 3.63) is 60.3 Å². The van der Waals surface area contributed by atoms with Crippen LogP contribution >= 0.6 is 0 Å². The molecule has 1 aromatic carbocycles. The molecule has 0 bridgehead atoms. The van der Waals surface area contributed by atoms with Gasteiger partial charge in [0, 0.05) is 29.5 Å². The standard InChI is InChI=1S/C13H9N3O/c17-12(13-15-6-7-16-13)10-4-3-9-2-1-5-14-11(9)8-10/h1-8H,(H,15,16). The van der Waals surface area contributed by atoms with Crippen molar-refractivity contribution in [3.8, 4) is 0 Å². The molecular formula is C13H9N3O. The highest BCUT2D eigenvalue weighted by Crippen LogP contribution is 2.14. The molecular weight excluding hydrogens is 214 g/mol. The number of carbonyl (C=O) groups is 1. The average molecular weight is 223 g/mol. The molecule has 0 saturated carbocycles. The average Bonchev–Trinajstić information content (AvgIpc) is 2.91. The van der Waals surface area contributed by atoms with Gasteiger partial charge in [-0.25, -0.2) is 4.98 Å². The molecule has 0 spiro atoms. The molecule has 0 atom stereocenters. The van der Waals surface area contributed by atoms with Crippen LogP contribution in [-0.2, 0) is 0 Å². The number of pyridine rings is 1. The molecule has 0 aliphatic heterocycles. The van der Waals surface area contributed by atoms with Crippen molar-refractivity contribution in [3.63, 3.8) is 0 Å². The third-order valence-electron chi connectivity index (χ3n) is 2.58. The molecule has 1 N–H and O–H groups in total. The highest BCUT2D eigenvalue weighted by molar-refractivity contribution is 6.08. The Morgan fingerprint density at radius 3 is 2.88 bits per heavy atom. The first-order chi connectivity index (χ1) is 8.34. The number of hydrogen-bond acceptors (Lipinski definition) is 3. The highest BCUT2D eigenvalue weighted by Gasteiger charge is 2.11. The lowest BCUT2D eigenvalue weighted by atomic mass is 10.1. The molecule has 0 aliphatic rings. The zero-order valence-electron chi connectivity index (χ0n) is 8.92. The van der Waals surface area contributed by atoms with Gasteiger partial charge in [0.2, 0.25) is 5.78 Å². The first-order valence-corrected chi connectivity index (χ1v) is 5.23. The Morgan fingerprint density at radius 2 is 2.06 bits per heavy atom.